The summed E-state index contributed by atoms with van der Waals surface area (Å²) >= 11 is 0. The Balaban J connectivity index is 1.75. The summed E-state index contributed by atoms with van der Waals surface area (Å²) in [4.78, 5) is 28.9. The number of halogens is 3. The van der Waals surface area contributed by atoms with Crippen LogP contribution in [0.1, 0.15) is 25.1 Å². The fraction of sp³-hybridized carbons (Fsp3) is 0.130. The van der Waals surface area contributed by atoms with Gasteiger partial charge in [-0.2, -0.15) is 0 Å². The second-order valence-electron chi connectivity index (χ2n) is 7.44. The first kappa shape index (κ1) is 20.7. The Labute approximate surface area is 185 Å². The van der Waals surface area contributed by atoms with Crippen LogP contribution >= 0.6 is 0 Å². The first-order chi connectivity index (χ1) is 16.0. The van der Waals surface area contributed by atoms with Crippen molar-refractivity contribution in [2.75, 3.05) is 5.32 Å². The molecule has 0 radical (unpaired) electrons. The van der Waals surface area contributed by atoms with Gasteiger partial charge in [-0.05, 0) is 36.1 Å². The maximum Gasteiger partial charge on any atom is 0.266 e. The van der Waals surface area contributed by atoms with Gasteiger partial charge in [-0.3, -0.25) is 9.36 Å². The van der Waals surface area contributed by atoms with Crippen molar-refractivity contribution in [3.63, 3.8) is 0 Å². The maximum atomic E-state index is 14.6. The number of hydrogen-bond donors (Lipinski definition) is 2. The van der Waals surface area contributed by atoms with Crippen LogP contribution in [0, 0.1) is 17.5 Å². The third-order valence-corrected chi connectivity index (χ3v) is 5.48. The van der Waals surface area contributed by atoms with Crippen molar-refractivity contribution in [2.24, 2.45) is 0 Å². The number of imidazole rings is 1. The molecule has 5 aromatic rings. The maximum absolute atomic E-state index is 14.6. The minimum absolute atomic E-state index is 0.0775. The van der Waals surface area contributed by atoms with Crippen LogP contribution in [0.15, 0.2) is 59.9 Å². The van der Waals surface area contributed by atoms with E-state index < -0.39 is 29.1 Å². The number of nitrogens with zero attached hydrogens (tertiary/aromatic N) is 4. The highest BCUT2D eigenvalue weighted by Crippen LogP contribution is 2.28. The second kappa shape index (κ2) is 8.05. The molecule has 0 bridgehead atoms. The molecule has 5 rings (SSSR count). The summed E-state index contributed by atoms with van der Waals surface area (Å²) in [6.45, 7) is 1.89. The number of pyridine rings is 1. The molecule has 0 aliphatic rings. The van der Waals surface area contributed by atoms with Crippen molar-refractivity contribution >= 4 is 27.8 Å². The van der Waals surface area contributed by atoms with E-state index in [0.29, 0.717) is 34.5 Å². The van der Waals surface area contributed by atoms with Crippen molar-refractivity contribution in [3.05, 3.63) is 88.6 Å². The molecule has 1 atom stereocenters. The lowest BCUT2D eigenvalue weighted by molar-refractivity contribution is 0.507. The van der Waals surface area contributed by atoms with Crippen molar-refractivity contribution in [3.8, 4) is 5.69 Å². The zero-order chi connectivity index (χ0) is 23.1. The first-order valence-electron chi connectivity index (χ1n) is 10.2. The highest BCUT2D eigenvalue weighted by molar-refractivity contribution is 5.84. The number of nitrogens with one attached hydrogen (secondary N) is 2. The zero-order valence-corrected chi connectivity index (χ0v) is 17.3. The van der Waals surface area contributed by atoms with Gasteiger partial charge in [0.15, 0.2) is 23.1 Å². The number of anilines is 1. The van der Waals surface area contributed by atoms with Gasteiger partial charge in [0.25, 0.3) is 5.56 Å². The molecule has 0 unspecified atom stereocenters. The summed E-state index contributed by atoms with van der Waals surface area (Å²) in [5, 5.41) is 3.53. The van der Waals surface area contributed by atoms with E-state index in [4.69, 9.17) is 0 Å². The topological polar surface area (TPSA) is 88.5 Å². The van der Waals surface area contributed by atoms with Crippen LogP contribution in [0.4, 0.5) is 19.0 Å². The van der Waals surface area contributed by atoms with E-state index in [1.165, 1.54) is 35.4 Å². The minimum atomic E-state index is -1.12. The number of fused-ring (bicyclic) bond motifs is 2. The van der Waals surface area contributed by atoms with Crippen LogP contribution in [0.5, 0.6) is 0 Å². The molecule has 7 nitrogen and oxygen atoms in total. The molecular formula is C23H17F3N6O. The molecule has 0 spiro atoms. The van der Waals surface area contributed by atoms with Crippen molar-refractivity contribution in [1.82, 2.24) is 24.5 Å². The van der Waals surface area contributed by atoms with Gasteiger partial charge in [0.2, 0.25) is 0 Å². The van der Waals surface area contributed by atoms with Gasteiger partial charge in [0, 0.05) is 11.8 Å². The van der Waals surface area contributed by atoms with Crippen LogP contribution in [0.3, 0.4) is 0 Å². The SMILES string of the molecule is CC[C@@H](Nc1ncnc2nc[nH]c12)c1cc2cccc(F)c2c(=O)n1-c1ccc(F)c(F)c1. The number of benzene rings is 2. The standard InChI is InChI=1S/C23H17F3N6O/c1-2-17(31-22-20-21(28-10-27-20)29-11-30-22)18-8-12-4-3-5-15(25)19(12)23(33)32(18)13-6-7-14(24)16(26)9-13/h3-11,17H,2H2,1H3,(H2,27,28,29,30,31)/t17-/m1/s1. The summed E-state index contributed by atoms with van der Waals surface area (Å²) in [5.74, 6) is -2.41. The van der Waals surface area contributed by atoms with Crippen LogP contribution < -0.4 is 10.9 Å². The van der Waals surface area contributed by atoms with Gasteiger partial charge in [-0.1, -0.05) is 19.1 Å². The summed E-state index contributed by atoms with van der Waals surface area (Å²) < 4.78 is 43.5. The predicted octanol–water partition coefficient (Wildman–Crippen LogP) is 4.64. The normalized spacial score (nSPS) is 12.4. The summed E-state index contributed by atoms with van der Waals surface area (Å²) in [5.41, 5.74) is 0.859. The number of hydrogen-bond acceptors (Lipinski definition) is 5. The van der Waals surface area contributed by atoms with E-state index in [0.717, 1.165) is 12.1 Å². The lowest BCUT2D eigenvalue weighted by Crippen LogP contribution is -2.27. The first-order valence-corrected chi connectivity index (χ1v) is 10.2. The van der Waals surface area contributed by atoms with Crippen molar-refractivity contribution < 1.29 is 13.2 Å². The fourth-order valence-corrected chi connectivity index (χ4v) is 3.91. The quantitative estimate of drug-likeness (QED) is 0.407. The van der Waals surface area contributed by atoms with Gasteiger partial charge >= 0.3 is 0 Å². The summed E-state index contributed by atoms with van der Waals surface area (Å²) in [6.07, 6.45) is 3.33. The number of aromatic nitrogens is 5. The van der Waals surface area contributed by atoms with E-state index in [1.54, 1.807) is 12.1 Å². The molecule has 0 fully saturated rings. The van der Waals surface area contributed by atoms with Crippen molar-refractivity contribution in [2.45, 2.75) is 19.4 Å². The molecule has 0 saturated carbocycles. The van der Waals surface area contributed by atoms with Gasteiger partial charge in [0.05, 0.1) is 23.4 Å². The fourth-order valence-electron chi connectivity index (χ4n) is 3.91. The summed E-state index contributed by atoms with van der Waals surface area (Å²) in [6, 6.07) is 8.61. The van der Waals surface area contributed by atoms with Crippen LogP contribution in [-0.4, -0.2) is 24.5 Å². The molecule has 0 amide bonds. The minimum Gasteiger partial charge on any atom is -0.360 e. The lowest BCUT2D eigenvalue weighted by atomic mass is 10.0. The third-order valence-electron chi connectivity index (χ3n) is 5.48. The molecule has 2 aromatic carbocycles. The molecule has 3 heterocycles. The Bertz CT molecular complexity index is 1560. The Morgan fingerprint density at radius 3 is 2.67 bits per heavy atom. The molecule has 10 heteroatoms. The molecule has 0 aliphatic carbocycles. The van der Waals surface area contributed by atoms with E-state index in [9.17, 15) is 18.0 Å². The van der Waals surface area contributed by atoms with Gasteiger partial charge in [0.1, 0.15) is 17.7 Å². The van der Waals surface area contributed by atoms with Crippen molar-refractivity contribution in [1.29, 1.82) is 0 Å². The number of rotatable bonds is 5. The van der Waals surface area contributed by atoms with E-state index in [-0.39, 0.29) is 11.1 Å². The van der Waals surface area contributed by atoms with Gasteiger partial charge in [-0.15, -0.1) is 0 Å². The second-order valence-corrected chi connectivity index (χ2v) is 7.44. The smallest absolute Gasteiger partial charge is 0.266 e. The third kappa shape index (κ3) is 3.49. The Morgan fingerprint density at radius 1 is 1.03 bits per heavy atom. The van der Waals surface area contributed by atoms with Gasteiger partial charge < -0.3 is 10.3 Å². The predicted molar refractivity (Wildman–Crippen MR) is 118 cm³/mol. The molecule has 33 heavy (non-hydrogen) atoms. The summed E-state index contributed by atoms with van der Waals surface area (Å²) in [7, 11) is 0. The van der Waals surface area contributed by atoms with Crippen LogP contribution in [0.25, 0.3) is 27.6 Å². The highest BCUT2D eigenvalue weighted by Gasteiger charge is 2.22. The van der Waals surface area contributed by atoms with E-state index in [2.05, 4.69) is 25.3 Å². The Hall–Kier alpha value is -4.21. The lowest BCUT2D eigenvalue weighted by Gasteiger charge is -2.23. The van der Waals surface area contributed by atoms with Crippen LogP contribution in [0.2, 0.25) is 0 Å². The molecule has 0 aliphatic heterocycles. The van der Waals surface area contributed by atoms with E-state index >= 15 is 0 Å². The average Bonchev–Trinajstić information content (AvgIpc) is 3.29. The molecular weight excluding hydrogens is 433 g/mol. The molecule has 166 valence electrons. The Kier molecular flexibility index (Phi) is 5.04. The zero-order valence-electron chi connectivity index (χ0n) is 17.3. The average molecular weight is 450 g/mol. The monoisotopic (exact) mass is 450 g/mol. The van der Waals surface area contributed by atoms with Crippen LogP contribution in [-0.2, 0) is 0 Å². The highest BCUT2D eigenvalue weighted by atomic mass is 19.2. The number of aromatic amines is 1. The largest absolute Gasteiger partial charge is 0.360 e. The number of H-pyrrole nitrogens is 1. The molecule has 0 saturated heterocycles. The molecule has 2 N–H and O–H groups in total. The van der Waals surface area contributed by atoms with E-state index in [1.807, 2.05) is 6.92 Å². The van der Waals surface area contributed by atoms with Gasteiger partial charge in [-0.25, -0.2) is 28.1 Å². The Morgan fingerprint density at radius 2 is 1.88 bits per heavy atom. The molecule has 3 aromatic heterocycles.